The quantitative estimate of drug-likeness (QED) is 0.884. The van der Waals surface area contributed by atoms with Crippen LogP contribution in [0.25, 0.3) is 11.1 Å². The van der Waals surface area contributed by atoms with Gasteiger partial charge in [0.1, 0.15) is 0 Å². The number of ether oxygens (including phenoxy) is 1. The van der Waals surface area contributed by atoms with Gasteiger partial charge in [-0.3, -0.25) is 0 Å². The molecule has 0 aromatic heterocycles. The van der Waals surface area contributed by atoms with Gasteiger partial charge in [0.2, 0.25) is 0 Å². The van der Waals surface area contributed by atoms with E-state index < -0.39 is 0 Å². The van der Waals surface area contributed by atoms with Crippen molar-refractivity contribution in [1.82, 2.24) is 5.32 Å². The molecule has 2 N–H and O–H groups in total. The Morgan fingerprint density at radius 1 is 1.00 bits per heavy atom. The second kappa shape index (κ2) is 7.25. The van der Waals surface area contributed by atoms with Gasteiger partial charge in [-0.1, -0.05) is 42.5 Å². The summed E-state index contributed by atoms with van der Waals surface area (Å²) in [6, 6.07) is 19.1. The molecule has 1 unspecified atom stereocenters. The van der Waals surface area contributed by atoms with E-state index in [0.717, 1.165) is 32.7 Å². The summed E-state index contributed by atoms with van der Waals surface area (Å²) in [5.74, 6) is 0. The molecule has 3 rings (SSSR count). The lowest BCUT2D eigenvalue weighted by molar-refractivity contribution is 0.0258. The molecule has 0 amide bonds. The van der Waals surface area contributed by atoms with Gasteiger partial charge in [-0.25, -0.2) is 0 Å². The third kappa shape index (κ3) is 4.06. The zero-order chi connectivity index (χ0) is 14.3. The first kappa shape index (κ1) is 14.1. The monoisotopic (exact) mass is 282 g/mol. The molecule has 110 valence electrons. The summed E-state index contributed by atoms with van der Waals surface area (Å²) in [6.07, 6.45) is 1.38. The van der Waals surface area contributed by atoms with Gasteiger partial charge in [-0.15, -0.1) is 0 Å². The smallest absolute Gasteiger partial charge is 0.0716 e. The Balaban J connectivity index is 1.50. The van der Waals surface area contributed by atoms with Crippen molar-refractivity contribution in [1.29, 1.82) is 0 Å². The third-order valence-corrected chi connectivity index (χ3v) is 3.79. The lowest BCUT2D eigenvalue weighted by atomic mass is 10.1. The summed E-state index contributed by atoms with van der Waals surface area (Å²) < 4.78 is 5.69. The van der Waals surface area contributed by atoms with Gasteiger partial charge in [0.25, 0.3) is 0 Å². The van der Waals surface area contributed by atoms with E-state index in [4.69, 9.17) is 4.74 Å². The minimum Gasteiger partial charge on any atom is -0.385 e. The number of benzene rings is 2. The van der Waals surface area contributed by atoms with Gasteiger partial charge >= 0.3 is 0 Å². The maximum Gasteiger partial charge on any atom is 0.0716 e. The normalized spacial score (nSPS) is 18.4. The fourth-order valence-electron chi connectivity index (χ4n) is 2.59. The van der Waals surface area contributed by atoms with E-state index in [2.05, 4.69) is 59.2 Å². The van der Waals surface area contributed by atoms with Crippen molar-refractivity contribution >= 4 is 5.69 Å². The van der Waals surface area contributed by atoms with Crippen molar-refractivity contribution in [2.24, 2.45) is 0 Å². The molecule has 3 heteroatoms. The fraction of sp³-hybridized carbons (Fsp3) is 0.333. The summed E-state index contributed by atoms with van der Waals surface area (Å²) in [7, 11) is 0. The standard InChI is InChI=1S/C18H22N2O/c1-2-4-15(5-3-1)16-6-8-17(9-7-16)20-11-10-18-14-19-12-13-21-18/h1-9,18-20H,10-14H2. The van der Waals surface area contributed by atoms with E-state index in [-0.39, 0.29) is 0 Å². The molecule has 0 aliphatic carbocycles. The molecular formula is C18H22N2O. The molecule has 1 aliphatic rings. The van der Waals surface area contributed by atoms with E-state index in [9.17, 15) is 0 Å². The number of anilines is 1. The minimum atomic E-state index is 0.342. The zero-order valence-corrected chi connectivity index (χ0v) is 12.2. The minimum absolute atomic E-state index is 0.342. The average Bonchev–Trinajstić information content (AvgIpc) is 2.57. The van der Waals surface area contributed by atoms with Crippen LogP contribution in [-0.4, -0.2) is 32.3 Å². The number of rotatable bonds is 5. The van der Waals surface area contributed by atoms with Gasteiger partial charge in [0.05, 0.1) is 12.7 Å². The maximum atomic E-state index is 5.69. The number of hydrogen-bond donors (Lipinski definition) is 2. The summed E-state index contributed by atoms with van der Waals surface area (Å²) in [4.78, 5) is 0. The summed E-state index contributed by atoms with van der Waals surface area (Å²) in [5, 5.41) is 6.82. The van der Waals surface area contributed by atoms with Crippen molar-refractivity contribution in [3.8, 4) is 11.1 Å². The molecule has 1 aliphatic heterocycles. The van der Waals surface area contributed by atoms with Crippen LogP contribution in [0.1, 0.15) is 6.42 Å². The second-order valence-corrected chi connectivity index (χ2v) is 5.36. The van der Waals surface area contributed by atoms with Gasteiger partial charge in [0.15, 0.2) is 0 Å². The van der Waals surface area contributed by atoms with Crippen LogP contribution >= 0.6 is 0 Å². The average molecular weight is 282 g/mol. The van der Waals surface area contributed by atoms with Crippen molar-refractivity contribution in [3.05, 3.63) is 54.6 Å². The van der Waals surface area contributed by atoms with Crippen LogP contribution in [-0.2, 0) is 4.74 Å². The number of hydrogen-bond acceptors (Lipinski definition) is 3. The van der Waals surface area contributed by atoms with Crippen LogP contribution in [0.2, 0.25) is 0 Å². The van der Waals surface area contributed by atoms with Gasteiger partial charge in [-0.05, 0) is 29.7 Å². The fourth-order valence-corrected chi connectivity index (χ4v) is 2.59. The molecule has 0 spiro atoms. The Labute approximate surface area is 126 Å². The van der Waals surface area contributed by atoms with E-state index in [1.807, 2.05) is 6.07 Å². The first-order chi connectivity index (χ1) is 10.4. The molecule has 3 nitrogen and oxygen atoms in total. The topological polar surface area (TPSA) is 33.3 Å². The summed E-state index contributed by atoms with van der Waals surface area (Å²) in [6.45, 7) is 3.72. The molecule has 0 radical (unpaired) electrons. The number of morpholine rings is 1. The molecule has 0 bridgehead atoms. The van der Waals surface area contributed by atoms with E-state index >= 15 is 0 Å². The highest BCUT2D eigenvalue weighted by molar-refractivity contribution is 5.65. The maximum absolute atomic E-state index is 5.69. The van der Waals surface area contributed by atoms with Crippen LogP contribution < -0.4 is 10.6 Å². The molecule has 1 saturated heterocycles. The highest BCUT2D eigenvalue weighted by atomic mass is 16.5. The Hall–Kier alpha value is -1.84. The van der Waals surface area contributed by atoms with E-state index in [0.29, 0.717) is 6.10 Å². The van der Waals surface area contributed by atoms with Crippen LogP contribution in [0.4, 0.5) is 5.69 Å². The third-order valence-electron chi connectivity index (χ3n) is 3.79. The van der Waals surface area contributed by atoms with Gasteiger partial charge < -0.3 is 15.4 Å². The lowest BCUT2D eigenvalue weighted by Crippen LogP contribution is -2.39. The Morgan fingerprint density at radius 3 is 2.48 bits per heavy atom. The van der Waals surface area contributed by atoms with Crippen LogP contribution in [0.5, 0.6) is 0 Å². The first-order valence-corrected chi connectivity index (χ1v) is 7.63. The highest BCUT2D eigenvalue weighted by Crippen LogP contribution is 2.21. The number of nitrogens with one attached hydrogen (secondary N) is 2. The highest BCUT2D eigenvalue weighted by Gasteiger charge is 2.12. The van der Waals surface area contributed by atoms with Gasteiger partial charge in [-0.2, -0.15) is 0 Å². The largest absolute Gasteiger partial charge is 0.385 e. The predicted molar refractivity (Wildman–Crippen MR) is 87.6 cm³/mol. The molecule has 1 heterocycles. The van der Waals surface area contributed by atoms with Crippen LogP contribution in [0, 0.1) is 0 Å². The molecule has 1 atom stereocenters. The molecule has 1 fully saturated rings. The Kier molecular flexibility index (Phi) is 4.87. The summed E-state index contributed by atoms with van der Waals surface area (Å²) in [5.41, 5.74) is 3.67. The van der Waals surface area contributed by atoms with Crippen molar-refractivity contribution in [2.45, 2.75) is 12.5 Å². The predicted octanol–water partition coefficient (Wildman–Crippen LogP) is 3.14. The molecule has 0 saturated carbocycles. The zero-order valence-electron chi connectivity index (χ0n) is 12.2. The molecule has 2 aromatic carbocycles. The molecule has 2 aromatic rings. The van der Waals surface area contributed by atoms with Crippen LogP contribution in [0.15, 0.2) is 54.6 Å². The molecular weight excluding hydrogens is 260 g/mol. The Morgan fingerprint density at radius 2 is 1.76 bits per heavy atom. The first-order valence-electron chi connectivity index (χ1n) is 7.63. The van der Waals surface area contributed by atoms with Crippen molar-refractivity contribution in [3.63, 3.8) is 0 Å². The van der Waals surface area contributed by atoms with Crippen molar-refractivity contribution < 1.29 is 4.74 Å². The SMILES string of the molecule is c1ccc(-c2ccc(NCCC3CNCCO3)cc2)cc1. The molecule has 21 heavy (non-hydrogen) atoms. The van der Waals surface area contributed by atoms with Gasteiger partial charge in [0, 0.05) is 25.3 Å². The van der Waals surface area contributed by atoms with E-state index in [1.54, 1.807) is 0 Å². The second-order valence-electron chi connectivity index (χ2n) is 5.36. The Bertz CT molecular complexity index is 533. The van der Waals surface area contributed by atoms with E-state index in [1.165, 1.54) is 16.8 Å². The lowest BCUT2D eigenvalue weighted by Gasteiger charge is -2.23. The van der Waals surface area contributed by atoms with Crippen molar-refractivity contribution in [2.75, 3.05) is 31.6 Å². The van der Waals surface area contributed by atoms with Crippen LogP contribution in [0.3, 0.4) is 0 Å². The summed E-state index contributed by atoms with van der Waals surface area (Å²) >= 11 is 0.